The van der Waals surface area contributed by atoms with Crippen molar-refractivity contribution in [1.29, 1.82) is 0 Å². The molecule has 2 amide bonds. The first kappa shape index (κ1) is 16.8. The molecule has 0 aromatic heterocycles. The molecule has 6 heteroatoms. The van der Waals surface area contributed by atoms with Crippen LogP contribution in [0.1, 0.15) is 6.42 Å². The number of benzene rings is 2. The van der Waals surface area contributed by atoms with Crippen LogP contribution in [0.25, 0.3) is 0 Å². The van der Waals surface area contributed by atoms with Crippen molar-refractivity contribution in [2.45, 2.75) is 12.5 Å². The van der Waals surface area contributed by atoms with Crippen molar-refractivity contribution in [3.63, 3.8) is 0 Å². The number of nitrogens with zero attached hydrogens (tertiary/aromatic N) is 2. The van der Waals surface area contributed by atoms with E-state index in [1.807, 2.05) is 73.6 Å². The van der Waals surface area contributed by atoms with E-state index in [-0.39, 0.29) is 12.3 Å². The first-order valence-corrected chi connectivity index (χ1v) is 8.13. The van der Waals surface area contributed by atoms with Crippen LogP contribution < -0.4 is 15.1 Å². The molecule has 0 spiro atoms. The highest BCUT2D eigenvalue weighted by molar-refractivity contribution is 5.96. The number of amides is 2. The fraction of sp³-hybridized carbons (Fsp3) is 0.263. The number of hydrogen-bond donors (Lipinski definition) is 1. The third kappa shape index (κ3) is 4.09. The zero-order valence-electron chi connectivity index (χ0n) is 14.3. The highest BCUT2D eigenvalue weighted by Crippen LogP contribution is 2.23. The molecule has 1 aliphatic heterocycles. The van der Waals surface area contributed by atoms with Gasteiger partial charge in [0.2, 0.25) is 5.91 Å². The van der Waals surface area contributed by atoms with Gasteiger partial charge in [0.25, 0.3) is 0 Å². The quantitative estimate of drug-likeness (QED) is 0.930. The second kappa shape index (κ2) is 7.25. The summed E-state index contributed by atoms with van der Waals surface area (Å²) in [7, 11) is 3.90. The van der Waals surface area contributed by atoms with Gasteiger partial charge in [0.05, 0.1) is 13.0 Å². The Morgan fingerprint density at radius 2 is 1.80 bits per heavy atom. The summed E-state index contributed by atoms with van der Waals surface area (Å²) >= 11 is 0. The second-order valence-electron chi connectivity index (χ2n) is 6.14. The third-order valence-corrected chi connectivity index (χ3v) is 4.06. The molecule has 1 heterocycles. The van der Waals surface area contributed by atoms with Crippen LogP contribution in [0.3, 0.4) is 0 Å². The lowest BCUT2D eigenvalue weighted by Crippen LogP contribution is -2.27. The number of para-hydroxylation sites is 1. The Hall–Kier alpha value is -3.02. The molecule has 25 heavy (non-hydrogen) atoms. The summed E-state index contributed by atoms with van der Waals surface area (Å²) in [5, 5.41) is 2.69. The Labute approximate surface area is 147 Å². The summed E-state index contributed by atoms with van der Waals surface area (Å²) in [6, 6.07) is 16.8. The summed E-state index contributed by atoms with van der Waals surface area (Å²) < 4.78 is 5.39. The average molecular weight is 339 g/mol. The molecule has 2 aromatic rings. The number of anilines is 3. The Balaban J connectivity index is 1.56. The fourth-order valence-electron chi connectivity index (χ4n) is 2.75. The lowest BCUT2D eigenvalue weighted by Gasteiger charge is -2.17. The Kier molecular flexibility index (Phi) is 4.88. The molecule has 1 unspecified atom stereocenters. The monoisotopic (exact) mass is 339 g/mol. The van der Waals surface area contributed by atoms with E-state index in [4.69, 9.17) is 4.74 Å². The minimum atomic E-state index is -0.551. The first-order valence-electron chi connectivity index (χ1n) is 8.13. The third-order valence-electron chi connectivity index (χ3n) is 4.06. The van der Waals surface area contributed by atoms with E-state index in [0.29, 0.717) is 12.2 Å². The van der Waals surface area contributed by atoms with Crippen molar-refractivity contribution in [1.82, 2.24) is 0 Å². The van der Waals surface area contributed by atoms with E-state index in [9.17, 15) is 9.59 Å². The number of carbonyl (C=O) groups excluding carboxylic acids is 2. The molecule has 130 valence electrons. The predicted octanol–water partition coefficient (Wildman–Crippen LogP) is 3.11. The zero-order valence-corrected chi connectivity index (χ0v) is 14.3. The molecule has 0 aliphatic carbocycles. The van der Waals surface area contributed by atoms with Gasteiger partial charge in [-0.05, 0) is 36.4 Å². The number of rotatable bonds is 4. The van der Waals surface area contributed by atoms with Gasteiger partial charge in [-0.1, -0.05) is 18.2 Å². The number of nitrogens with one attached hydrogen (secondary N) is 1. The van der Waals surface area contributed by atoms with Gasteiger partial charge >= 0.3 is 6.09 Å². The maximum Gasteiger partial charge on any atom is 0.411 e. The van der Waals surface area contributed by atoms with Crippen molar-refractivity contribution in [2.24, 2.45) is 0 Å². The summed E-state index contributed by atoms with van der Waals surface area (Å²) in [6.07, 6.45) is -0.805. The predicted molar refractivity (Wildman–Crippen MR) is 98.1 cm³/mol. The summed E-state index contributed by atoms with van der Waals surface area (Å²) in [6.45, 7) is 0.371. The number of ether oxygens (including phenoxy) is 1. The molecular formula is C19H21N3O3. The Bertz CT molecular complexity index is 744. The molecule has 0 radical (unpaired) electrons. The summed E-state index contributed by atoms with van der Waals surface area (Å²) in [5.74, 6) is -0.0423. The standard InChI is InChI=1S/C19H21N3O3/c1-21(2)15-10-8-14(9-11-15)20-19(24)25-17-12-18(23)22(13-17)16-6-4-3-5-7-16/h3-11,17H,12-13H2,1-2H3,(H,20,24). The van der Waals surface area contributed by atoms with Gasteiger partial charge in [0.15, 0.2) is 0 Å². The minimum absolute atomic E-state index is 0.0423. The maximum absolute atomic E-state index is 12.1. The molecule has 3 rings (SSSR count). The highest BCUT2D eigenvalue weighted by atomic mass is 16.6. The van der Waals surface area contributed by atoms with E-state index in [0.717, 1.165) is 11.4 Å². The van der Waals surface area contributed by atoms with Crippen molar-refractivity contribution in [2.75, 3.05) is 35.8 Å². The molecule has 0 saturated carbocycles. The van der Waals surface area contributed by atoms with Crippen LogP contribution >= 0.6 is 0 Å². The van der Waals surface area contributed by atoms with Crippen LogP contribution in [0.4, 0.5) is 21.9 Å². The second-order valence-corrected chi connectivity index (χ2v) is 6.14. The normalized spacial score (nSPS) is 16.6. The largest absolute Gasteiger partial charge is 0.444 e. The Morgan fingerprint density at radius 3 is 2.44 bits per heavy atom. The van der Waals surface area contributed by atoms with Crippen molar-refractivity contribution < 1.29 is 14.3 Å². The smallest absolute Gasteiger partial charge is 0.411 e. The molecule has 2 aromatic carbocycles. The van der Waals surface area contributed by atoms with Gasteiger partial charge in [0, 0.05) is 31.2 Å². The van der Waals surface area contributed by atoms with Crippen LogP contribution in [-0.2, 0) is 9.53 Å². The number of hydrogen-bond acceptors (Lipinski definition) is 4. The lowest BCUT2D eigenvalue weighted by atomic mass is 10.2. The SMILES string of the molecule is CN(C)c1ccc(NC(=O)OC2CC(=O)N(c3ccccc3)C2)cc1. The van der Waals surface area contributed by atoms with Gasteiger partial charge in [-0.2, -0.15) is 0 Å². The highest BCUT2D eigenvalue weighted by Gasteiger charge is 2.33. The molecule has 1 N–H and O–H groups in total. The van der Waals surface area contributed by atoms with E-state index in [1.165, 1.54) is 0 Å². The van der Waals surface area contributed by atoms with Gasteiger partial charge < -0.3 is 14.5 Å². The molecule has 0 bridgehead atoms. The summed E-state index contributed by atoms with van der Waals surface area (Å²) in [5.41, 5.74) is 2.51. The topological polar surface area (TPSA) is 61.9 Å². The molecule has 1 atom stereocenters. The molecule has 1 saturated heterocycles. The van der Waals surface area contributed by atoms with E-state index in [2.05, 4.69) is 5.32 Å². The van der Waals surface area contributed by atoms with Crippen LogP contribution in [0.15, 0.2) is 54.6 Å². The van der Waals surface area contributed by atoms with Crippen LogP contribution in [0, 0.1) is 0 Å². The molecule has 6 nitrogen and oxygen atoms in total. The minimum Gasteiger partial charge on any atom is -0.444 e. The molecule has 1 aliphatic rings. The Morgan fingerprint density at radius 1 is 1.12 bits per heavy atom. The van der Waals surface area contributed by atoms with Gasteiger partial charge in [-0.3, -0.25) is 10.1 Å². The van der Waals surface area contributed by atoms with Crippen LogP contribution in [-0.4, -0.2) is 38.7 Å². The van der Waals surface area contributed by atoms with Gasteiger partial charge in [-0.15, -0.1) is 0 Å². The first-order chi connectivity index (χ1) is 12.0. The lowest BCUT2D eigenvalue weighted by molar-refractivity contribution is -0.117. The number of carbonyl (C=O) groups is 2. The zero-order chi connectivity index (χ0) is 17.8. The van der Waals surface area contributed by atoms with E-state index >= 15 is 0 Å². The summed E-state index contributed by atoms with van der Waals surface area (Å²) in [4.78, 5) is 27.8. The van der Waals surface area contributed by atoms with Gasteiger partial charge in [-0.25, -0.2) is 4.79 Å². The van der Waals surface area contributed by atoms with E-state index < -0.39 is 12.2 Å². The maximum atomic E-state index is 12.1. The van der Waals surface area contributed by atoms with Crippen LogP contribution in [0.2, 0.25) is 0 Å². The van der Waals surface area contributed by atoms with Crippen LogP contribution in [0.5, 0.6) is 0 Å². The van der Waals surface area contributed by atoms with E-state index in [1.54, 1.807) is 4.90 Å². The molecule has 1 fully saturated rings. The van der Waals surface area contributed by atoms with Gasteiger partial charge in [0.1, 0.15) is 6.10 Å². The van der Waals surface area contributed by atoms with Crippen molar-refractivity contribution in [3.8, 4) is 0 Å². The molecular weight excluding hydrogens is 318 g/mol. The van der Waals surface area contributed by atoms with Crippen molar-refractivity contribution in [3.05, 3.63) is 54.6 Å². The average Bonchev–Trinajstić information content (AvgIpc) is 2.96. The fourth-order valence-corrected chi connectivity index (χ4v) is 2.75. The van der Waals surface area contributed by atoms with Crippen molar-refractivity contribution >= 4 is 29.1 Å².